The van der Waals surface area contributed by atoms with E-state index < -0.39 is 0 Å². The third-order valence-corrected chi connectivity index (χ3v) is 2.44. The number of nitrogens with two attached hydrogens (primary N) is 1. The van der Waals surface area contributed by atoms with Gasteiger partial charge in [0, 0.05) is 12.2 Å². The van der Waals surface area contributed by atoms with E-state index in [-0.39, 0.29) is 0 Å². The van der Waals surface area contributed by atoms with E-state index in [9.17, 15) is 0 Å². The van der Waals surface area contributed by atoms with Gasteiger partial charge in [0.15, 0.2) is 0 Å². The Bertz CT molecular complexity index is 541. The highest BCUT2D eigenvalue weighted by molar-refractivity contribution is 5.32. The predicted octanol–water partition coefficient (Wildman–Crippen LogP) is 2.43. The van der Waals surface area contributed by atoms with E-state index >= 15 is 0 Å². The second-order valence-electron chi connectivity index (χ2n) is 3.99. The zero-order chi connectivity index (χ0) is 13.7. The number of hydrogen-bond acceptors (Lipinski definition) is 5. The van der Waals surface area contributed by atoms with Gasteiger partial charge in [0.2, 0.25) is 0 Å². The highest BCUT2D eigenvalue weighted by Gasteiger charge is 2.04. The quantitative estimate of drug-likeness (QED) is 0.893. The minimum absolute atomic E-state index is 0.310. The number of rotatable bonds is 5. The molecule has 100 valence electrons. The fourth-order valence-electron chi connectivity index (χ4n) is 1.63. The summed E-state index contributed by atoms with van der Waals surface area (Å²) in [5, 5.41) is 0. The van der Waals surface area contributed by atoms with Crippen molar-refractivity contribution < 1.29 is 9.47 Å². The summed E-state index contributed by atoms with van der Waals surface area (Å²) in [4.78, 5) is 8.43. The van der Waals surface area contributed by atoms with Crippen LogP contribution in [0.15, 0.2) is 30.3 Å². The van der Waals surface area contributed by atoms with Crippen LogP contribution in [-0.2, 0) is 6.54 Å². The Labute approximate surface area is 112 Å². The Morgan fingerprint density at radius 1 is 1.11 bits per heavy atom. The number of nitrogens with zero attached hydrogens (tertiary/aromatic N) is 2. The van der Waals surface area contributed by atoms with E-state index in [1.54, 1.807) is 0 Å². The van der Waals surface area contributed by atoms with Gasteiger partial charge in [-0.15, -0.1) is 0 Å². The summed E-state index contributed by atoms with van der Waals surface area (Å²) in [7, 11) is 0. The molecule has 0 saturated carbocycles. The van der Waals surface area contributed by atoms with Gasteiger partial charge in [-0.25, -0.2) is 4.98 Å². The van der Waals surface area contributed by atoms with Gasteiger partial charge in [-0.1, -0.05) is 0 Å². The summed E-state index contributed by atoms with van der Waals surface area (Å²) in [5.41, 5.74) is 7.16. The average molecular weight is 259 g/mol. The Morgan fingerprint density at radius 2 is 1.79 bits per heavy atom. The van der Waals surface area contributed by atoms with Crippen molar-refractivity contribution in [3.05, 3.63) is 41.7 Å². The first kappa shape index (κ1) is 13.3. The van der Waals surface area contributed by atoms with Gasteiger partial charge < -0.3 is 15.2 Å². The largest absolute Gasteiger partial charge is 0.494 e. The normalized spacial score (nSPS) is 10.3. The molecule has 0 bridgehead atoms. The molecular formula is C14H17N3O2. The molecule has 1 aromatic carbocycles. The molecule has 5 heteroatoms. The van der Waals surface area contributed by atoms with Crippen LogP contribution >= 0.6 is 0 Å². The summed E-state index contributed by atoms with van der Waals surface area (Å²) >= 11 is 0. The summed E-state index contributed by atoms with van der Waals surface area (Å²) in [6, 6.07) is 9.48. The van der Waals surface area contributed by atoms with Crippen molar-refractivity contribution in [1.29, 1.82) is 0 Å². The van der Waals surface area contributed by atoms with Crippen LogP contribution in [0.4, 0.5) is 0 Å². The molecule has 0 spiro atoms. The van der Waals surface area contributed by atoms with Crippen LogP contribution in [-0.4, -0.2) is 16.6 Å². The van der Waals surface area contributed by atoms with Crippen molar-refractivity contribution in [2.45, 2.75) is 20.4 Å². The van der Waals surface area contributed by atoms with E-state index in [0.29, 0.717) is 24.9 Å². The maximum Gasteiger partial charge on any atom is 0.322 e. The standard InChI is InChI=1S/C14H17N3O2/c1-3-18-12-4-6-13(7-5-12)19-14-16-10(2)8-11(9-15)17-14/h4-8H,3,9,15H2,1-2H3. The fourth-order valence-corrected chi connectivity index (χ4v) is 1.63. The maximum atomic E-state index is 5.60. The van der Waals surface area contributed by atoms with Crippen LogP contribution in [0.5, 0.6) is 17.5 Å². The number of aryl methyl sites for hydroxylation is 1. The van der Waals surface area contributed by atoms with Gasteiger partial charge in [0.1, 0.15) is 11.5 Å². The lowest BCUT2D eigenvalue weighted by molar-refractivity contribution is 0.339. The maximum absolute atomic E-state index is 5.60. The van der Waals surface area contributed by atoms with Crippen LogP contribution in [0.2, 0.25) is 0 Å². The molecule has 0 fully saturated rings. The highest BCUT2D eigenvalue weighted by atomic mass is 16.5. The molecule has 0 unspecified atom stereocenters. The summed E-state index contributed by atoms with van der Waals surface area (Å²) in [6.45, 7) is 4.83. The molecule has 2 N–H and O–H groups in total. The molecule has 0 aliphatic rings. The molecule has 0 atom stereocenters. The van der Waals surface area contributed by atoms with Gasteiger partial charge >= 0.3 is 6.01 Å². The third kappa shape index (κ3) is 3.66. The van der Waals surface area contributed by atoms with Gasteiger partial charge in [0.05, 0.1) is 12.3 Å². The minimum Gasteiger partial charge on any atom is -0.494 e. The Kier molecular flexibility index (Phi) is 4.30. The topological polar surface area (TPSA) is 70.3 Å². The average Bonchev–Trinajstić information content (AvgIpc) is 2.40. The number of hydrogen-bond donors (Lipinski definition) is 1. The number of benzene rings is 1. The first-order chi connectivity index (χ1) is 9.21. The second-order valence-corrected chi connectivity index (χ2v) is 3.99. The van der Waals surface area contributed by atoms with Crippen LogP contribution in [0.25, 0.3) is 0 Å². The van der Waals surface area contributed by atoms with E-state index in [0.717, 1.165) is 17.1 Å². The summed E-state index contributed by atoms with van der Waals surface area (Å²) in [5.74, 6) is 1.47. The molecule has 0 amide bonds. The van der Waals surface area contributed by atoms with Crippen molar-refractivity contribution in [1.82, 2.24) is 9.97 Å². The second kappa shape index (κ2) is 6.15. The monoisotopic (exact) mass is 259 g/mol. The van der Waals surface area contributed by atoms with Gasteiger partial charge in [0.25, 0.3) is 0 Å². The molecule has 0 aliphatic carbocycles. The van der Waals surface area contributed by atoms with Crippen LogP contribution in [0.3, 0.4) is 0 Å². The van der Waals surface area contributed by atoms with Gasteiger partial charge in [-0.3, -0.25) is 0 Å². The van der Waals surface area contributed by atoms with Crippen molar-refractivity contribution in [2.24, 2.45) is 5.73 Å². The molecule has 19 heavy (non-hydrogen) atoms. The van der Waals surface area contributed by atoms with Crippen LogP contribution in [0, 0.1) is 6.92 Å². The molecule has 2 aromatic rings. The number of ether oxygens (including phenoxy) is 2. The van der Waals surface area contributed by atoms with E-state index in [1.807, 2.05) is 44.2 Å². The number of aromatic nitrogens is 2. The van der Waals surface area contributed by atoms with Crippen molar-refractivity contribution in [2.75, 3.05) is 6.61 Å². The van der Waals surface area contributed by atoms with Gasteiger partial charge in [-0.05, 0) is 44.2 Å². The molecule has 1 heterocycles. The molecule has 0 aliphatic heterocycles. The smallest absolute Gasteiger partial charge is 0.322 e. The van der Waals surface area contributed by atoms with E-state index in [4.69, 9.17) is 15.2 Å². The first-order valence-corrected chi connectivity index (χ1v) is 6.16. The minimum atomic E-state index is 0.310. The Balaban J connectivity index is 2.14. The zero-order valence-electron chi connectivity index (χ0n) is 11.1. The summed E-state index contributed by atoms with van der Waals surface area (Å²) in [6.07, 6.45) is 0. The third-order valence-electron chi connectivity index (χ3n) is 2.44. The van der Waals surface area contributed by atoms with Crippen molar-refractivity contribution in [3.8, 4) is 17.5 Å². The molecule has 5 nitrogen and oxygen atoms in total. The zero-order valence-corrected chi connectivity index (χ0v) is 11.1. The summed E-state index contributed by atoms with van der Waals surface area (Å²) < 4.78 is 11.0. The SMILES string of the molecule is CCOc1ccc(Oc2nc(C)cc(CN)n2)cc1. The Morgan fingerprint density at radius 3 is 2.42 bits per heavy atom. The molecule has 1 aromatic heterocycles. The lowest BCUT2D eigenvalue weighted by Crippen LogP contribution is -2.03. The van der Waals surface area contributed by atoms with Crippen molar-refractivity contribution >= 4 is 0 Å². The molecular weight excluding hydrogens is 242 g/mol. The van der Waals surface area contributed by atoms with Gasteiger partial charge in [-0.2, -0.15) is 4.98 Å². The van der Waals surface area contributed by atoms with Crippen molar-refractivity contribution in [3.63, 3.8) is 0 Å². The fraction of sp³-hybridized carbons (Fsp3) is 0.286. The first-order valence-electron chi connectivity index (χ1n) is 6.16. The molecule has 0 radical (unpaired) electrons. The highest BCUT2D eigenvalue weighted by Crippen LogP contribution is 2.21. The molecule has 0 saturated heterocycles. The molecule has 2 rings (SSSR count). The predicted molar refractivity (Wildman–Crippen MR) is 72.3 cm³/mol. The lowest BCUT2D eigenvalue weighted by Gasteiger charge is -2.07. The van der Waals surface area contributed by atoms with E-state index in [1.165, 1.54) is 0 Å². The van der Waals surface area contributed by atoms with E-state index in [2.05, 4.69) is 9.97 Å². The lowest BCUT2D eigenvalue weighted by atomic mass is 10.3. The Hall–Kier alpha value is -2.14. The van der Waals surface area contributed by atoms with Crippen LogP contribution < -0.4 is 15.2 Å². The van der Waals surface area contributed by atoms with Crippen LogP contribution in [0.1, 0.15) is 18.3 Å².